The molecule has 2 aromatic rings. The first-order valence-electron chi connectivity index (χ1n) is 7.52. The molecule has 0 saturated carbocycles. The normalized spacial score (nSPS) is 12.6. The molecule has 1 aromatic heterocycles. The van der Waals surface area contributed by atoms with E-state index in [-0.39, 0.29) is 36.1 Å². The molecular formula is C18H16N6O. The Bertz CT molecular complexity index is 957. The zero-order valence-electron chi connectivity index (χ0n) is 13.4. The molecule has 0 bridgehead atoms. The van der Waals surface area contributed by atoms with E-state index in [9.17, 15) is 4.79 Å². The topological polar surface area (TPSA) is 133 Å². The number of hydrogen-bond acceptors (Lipinski definition) is 6. The number of amides is 1. The molecule has 0 fully saturated rings. The molecule has 0 saturated heterocycles. The van der Waals surface area contributed by atoms with Gasteiger partial charge in [0.2, 0.25) is 0 Å². The molecule has 2 heterocycles. The van der Waals surface area contributed by atoms with Crippen molar-refractivity contribution in [3.8, 4) is 6.07 Å². The number of fused-ring (bicyclic) bond motifs is 1. The fraction of sp³-hybridized carbons (Fsp3) is 0.111. The molecule has 0 radical (unpaired) electrons. The highest BCUT2D eigenvalue weighted by atomic mass is 16.2. The van der Waals surface area contributed by atoms with E-state index in [0.29, 0.717) is 27.9 Å². The first-order valence-corrected chi connectivity index (χ1v) is 7.52. The van der Waals surface area contributed by atoms with Gasteiger partial charge in [-0.3, -0.25) is 10.2 Å². The van der Waals surface area contributed by atoms with E-state index in [4.69, 9.17) is 22.1 Å². The summed E-state index contributed by atoms with van der Waals surface area (Å²) in [5.41, 5.74) is 14.7. The standard InChI is InChI=1S/C18H16N6O/c1-10(7-19)8-24-9-13-11(4-5-14(20)15(13)18(24)25)16(21)12-3-2-6-23-17(12)22/h2-6,21H,1,8-9,20H2,(H2,22,23). The minimum atomic E-state index is -0.266. The first-order chi connectivity index (χ1) is 11.9. The number of nitrogens with two attached hydrogens (primary N) is 2. The molecule has 124 valence electrons. The molecule has 7 nitrogen and oxygen atoms in total. The lowest BCUT2D eigenvalue weighted by Gasteiger charge is -2.14. The second-order valence-corrected chi connectivity index (χ2v) is 5.74. The highest BCUT2D eigenvalue weighted by Gasteiger charge is 2.32. The number of nitrogen functional groups attached to an aromatic ring is 2. The molecule has 1 aliphatic heterocycles. The summed E-state index contributed by atoms with van der Waals surface area (Å²) in [6, 6.07) is 8.66. The number of hydrogen-bond donors (Lipinski definition) is 3. The predicted octanol–water partition coefficient (Wildman–Crippen LogP) is 1.70. The van der Waals surface area contributed by atoms with Gasteiger partial charge in [0.1, 0.15) is 5.82 Å². The monoisotopic (exact) mass is 332 g/mol. The Hall–Kier alpha value is -3.66. The lowest BCUT2D eigenvalue weighted by molar-refractivity contribution is 0.0794. The van der Waals surface area contributed by atoms with Crippen LogP contribution in [-0.2, 0) is 6.54 Å². The van der Waals surface area contributed by atoms with Gasteiger partial charge in [-0.25, -0.2) is 4.98 Å². The number of aromatic nitrogens is 1. The maximum Gasteiger partial charge on any atom is 0.256 e. The highest BCUT2D eigenvalue weighted by molar-refractivity contribution is 6.17. The van der Waals surface area contributed by atoms with Crippen molar-refractivity contribution in [3.05, 3.63) is 64.9 Å². The van der Waals surface area contributed by atoms with Gasteiger partial charge in [0.15, 0.2) is 0 Å². The number of rotatable bonds is 4. The van der Waals surface area contributed by atoms with Crippen molar-refractivity contribution in [2.45, 2.75) is 6.54 Å². The Morgan fingerprint density at radius 1 is 1.36 bits per heavy atom. The van der Waals surface area contributed by atoms with Crippen LogP contribution < -0.4 is 11.5 Å². The van der Waals surface area contributed by atoms with Crippen LogP contribution in [0.3, 0.4) is 0 Å². The summed E-state index contributed by atoms with van der Waals surface area (Å²) in [6.07, 6.45) is 1.55. The van der Waals surface area contributed by atoms with E-state index >= 15 is 0 Å². The van der Waals surface area contributed by atoms with Gasteiger partial charge in [0.05, 0.1) is 23.9 Å². The summed E-state index contributed by atoms with van der Waals surface area (Å²) in [4.78, 5) is 18.1. The Morgan fingerprint density at radius 2 is 2.12 bits per heavy atom. The molecule has 3 rings (SSSR count). The van der Waals surface area contributed by atoms with Gasteiger partial charge in [-0.1, -0.05) is 12.6 Å². The second-order valence-electron chi connectivity index (χ2n) is 5.74. The number of carbonyl (C=O) groups is 1. The zero-order valence-corrected chi connectivity index (χ0v) is 13.4. The summed E-state index contributed by atoms with van der Waals surface area (Å²) in [7, 11) is 0. The van der Waals surface area contributed by atoms with Gasteiger partial charge in [-0.05, 0) is 23.8 Å². The number of carbonyl (C=O) groups excluding carboxylic acids is 1. The summed E-state index contributed by atoms with van der Waals surface area (Å²) in [6.45, 7) is 4.01. The molecule has 5 N–H and O–H groups in total. The van der Waals surface area contributed by atoms with Crippen LogP contribution in [0.2, 0.25) is 0 Å². The molecule has 7 heteroatoms. The van der Waals surface area contributed by atoms with E-state index in [1.165, 1.54) is 4.90 Å². The molecular weight excluding hydrogens is 316 g/mol. The fourth-order valence-electron chi connectivity index (χ4n) is 2.91. The van der Waals surface area contributed by atoms with Crippen LogP contribution in [0.5, 0.6) is 0 Å². The van der Waals surface area contributed by atoms with Crippen LogP contribution in [0.1, 0.15) is 27.0 Å². The van der Waals surface area contributed by atoms with Crippen LogP contribution >= 0.6 is 0 Å². The molecule has 0 atom stereocenters. The Balaban J connectivity index is 2.06. The molecule has 0 unspecified atom stereocenters. The van der Waals surface area contributed by atoms with Gasteiger partial charge in [0.25, 0.3) is 5.91 Å². The van der Waals surface area contributed by atoms with Crippen LogP contribution in [-0.4, -0.2) is 28.0 Å². The number of anilines is 2. The third kappa shape index (κ3) is 2.70. The summed E-state index contributed by atoms with van der Waals surface area (Å²) < 4.78 is 0. The number of pyridine rings is 1. The quantitative estimate of drug-likeness (QED) is 0.445. The average Bonchev–Trinajstić information content (AvgIpc) is 2.92. The van der Waals surface area contributed by atoms with E-state index in [1.807, 2.05) is 6.07 Å². The zero-order chi connectivity index (χ0) is 18.1. The maximum atomic E-state index is 12.6. The lowest BCUT2D eigenvalue weighted by atomic mass is 9.94. The van der Waals surface area contributed by atoms with Crippen LogP contribution in [0, 0.1) is 16.7 Å². The second kappa shape index (κ2) is 6.09. The number of nitrogens with zero attached hydrogens (tertiary/aromatic N) is 3. The third-order valence-electron chi connectivity index (χ3n) is 4.11. The van der Waals surface area contributed by atoms with E-state index in [1.54, 1.807) is 30.5 Å². The smallest absolute Gasteiger partial charge is 0.256 e. The summed E-state index contributed by atoms with van der Waals surface area (Å²) in [5, 5.41) is 17.4. The molecule has 0 aliphatic carbocycles. The van der Waals surface area contributed by atoms with Crippen molar-refractivity contribution >= 4 is 23.1 Å². The largest absolute Gasteiger partial charge is 0.398 e. The predicted molar refractivity (Wildman–Crippen MR) is 94.9 cm³/mol. The molecule has 0 spiro atoms. The van der Waals surface area contributed by atoms with E-state index < -0.39 is 0 Å². The van der Waals surface area contributed by atoms with Gasteiger partial charge < -0.3 is 16.4 Å². The molecule has 1 aliphatic rings. The van der Waals surface area contributed by atoms with Gasteiger partial charge in [-0.15, -0.1) is 0 Å². The highest BCUT2D eigenvalue weighted by Crippen LogP contribution is 2.32. The fourth-order valence-corrected chi connectivity index (χ4v) is 2.91. The minimum absolute atomic E-state index is 0.130. The SMILES string of the molecule is C=C(C#N)CN1Cc2c(C(=N)c3cccnc3N)ccc(N)c2C1=O. The van der Waals surface area contributed by atoms with Gasteiger partial charge >= 0.3 is 0 Å². The Labute approximate surface area is 144 Å². The Kier molecular flexibility index (Phi) is 3.95. The molecule has 1 aromatic carbocycles. The van der Waals surface area contributed by atoms with Crippen molar-refractivity contribution in [2.24, 2.45) is 0 Å². The average molecular weight is 332 g/mol. The van der Waals surface area contributed by atoms with Crippen LogP contribution in [0.4, 0.5) is 11.5 Å². The lowest BCUT2D eigenvalue weighted by Crippen LogP contribution is -2.26. The van der Waals surface area contributed by atoms with Gasteiger partial charge in [0, 0.05) is 35.1 Å². The van der Waals surface area contributed by atoms with Crippen LogP contribution in [0.15, 0.2) is 42.6 Å². The first kappa shape index (κ1) is 16.2. The number of nitrogens with one attached hydrogen (secondary N) is 1. The van der Waals surface area contributed by atoms with E-state index in [2.05, 4.69) is 11.6 Å². The molecule has 25 heavy (non-hydrogen) atoms. The molecule has 1 amide bonds. The minimum Gasteiger partial charge on any atom is -0.398 e. The van der Waals surface area contributed by atoms with Gasteiger partial charge in [-0.2, -0.15) is 5.26 Å². The van der Waals surface area contributed by atoms with Crippen molar-refractivity contribution < 1.29 is 4.79 Å². The van der Waals surface area contributed by atoms with Crippen molar-refractivity contribution in [1.82, 2.24) is 9.88 Å². The summed E-state index contributed by atoms with van der Waals surface area (Å²) >= 11 is 0. The summed E-state index contributed by atoms with van der Waals surface area (Å²) in [5.74, 6) is -0.0187. The maximum absolute atomic E-state index is 12.6. The van der Waals surface area contributed by atoms with Crippen molar-refractivity contribution in [3.63, 3.8) is 0 Å². The van der Waals surface area contributed by atoms with Crippen molar-refractivity contribution in [1.29, 1.82) is 10.7 Å². The number of nitriles is 1. The Morgan fingerprint density at radius 3 is 2.80 bits per heavy atom. The third-order valence-corrected chi connectivity index (χ3v) is 4.11. The van der Waals surface area contributed by atoms with Crippen LogP contribution in [0.25, 0.3) is 0 Å². The van der Waals surface area contributed by atoms with Crippen molar-refractivity contribution in [2.75, 3.05) is 18.0 Å². The van der Waals surface area contributed by atoms with E-state index in [0.717, 1.165) is 0 Å². The number of benzene rings is 1.